The molecule has 16 heavy (non-hydrogen) atoms. The van der Waals surface area contributed by atoms with Crippen LogP contribution in [0.3, 0.4) is 0 Å². The van der Waals surface area contributed by atoms with Gasteiger partial charge in [0.1, 0.15) is 0 Å². The van der Waals surface area contributed by atoms with Crippen molar-refractivity contribution in [3.05, 3.63) is 40.9 Å². The molecule has 0 radical (unpaired) electrons. The van der Waals surface area contributed by atoms with Gasteiger partial charge in [-0.3, -0.25) is 0 Å². The van der Waals surface area contributed by atoms with Crippen molar-refractivity contribution < 1.29 is 0 Å². The molecule has 0 unspecified atom stereocenters. The van der Waals surface area contributed by atoms with E-state index in [-0.39, 0.29) is 0 Å². The lowest BCUT2D eigenvalue weighted by atomic mass is 10.3. The molecule has 1 heterocycles. The van der Waals surface area contributed by atoms with Gasteiger partial charge >= 0.3 is 0 Å². The molecule has 4 heteroatoms. The maximum atomic E-state index is 8.67. The zero-order valence-electron chi connectivity index (χ0n) is 8.80. The van der Waals surface area contributed by atoms with Crippen molar-refractivity contribution in [1.29, 1.82) is 5.26 Å². The van der Waals surface area contributed by atoms with E-state index in [9.17, 15) is 0 Å². The first-order valence-corrected chi connectivity index (χ1v) is 6.49. The molecule has 0 saturated carbocycles. The summed E-state index contributed by atoms with van der Waals surface area (Å²) in [6.45, 7) is 1.96. The molecule has 0 fully saturated rings. The Bertz CT molecular complexity index is 512. The lowest BCUT2D eigenvalue weighted by molar-refractivity contribution is 1.12. The highest BCUT2D eigenvalue weighted by Gasteiger charge is 2.08. The largest absolute Gasteiger partial charge is 0.234 e. The predicted molar refractivity (Wildman–Crippen MR) is 66.7 cm³/mol. The van der Waals surface area contributed by atoms with Crippen molar-refractivity contribution in [1.82, 2.24) is 4.98 Å². The summed E-state index contributed by atoms with van der Waals surface area (Å²) in [5.41, 5.74) is 0.977. The van der Waals surface area contributed by atoms with Gasteiger partial charge in [-0.05, 0) is 19.1 Å². The fraction of sp³-hybridized carbons (Fsp3) is 0.167. The zero-order chi connectivity index (χ0) is 11.4. The zero-order valence-corrected chi connectivity index (χ0v) is 10.4. The fourth-order valence-electron chi connectivity index (χ4n) is 1.27. The average molecular weight is 246 g/mol. The summed E-state index contributed by atoms with van der Waals surface area (Å²) in [6, 6.07) is 12.3. The van der Waals surface area contributed by atoms with Crippen molar-refractivity contribution in [2.75, 3.05) is 0 Å². The van der Waals surface area contributed by atoms with Gasteiger partial charge in [0.25, 0.3) is 0 Å². The lowest BCUT2D eigenvalue weighted by Gasteiger charge is -1.94. The van der Waals surface area contributed by atoms with Crippen molar-refractivity contribution in [2.24, 2.45) is 0 Å². The first-order valence-electron chi connectivity index (χ1n) is 4.86. The third-order valence-electron chi connectivity index (χ3n) is 2.06. The summed E-state index contributed by atoms with van der Waals surface area (Å²) in [5, 5.41) is 8.67. The highest BCUT2D eigenvalue weighted by atomic mass is 32.2. The van der Waals surface area contributed by atoms with E-state index in [1.807, 2.05) is 25.1 Å². The molecule has 1 aromatic heterocycles. The number of nitrogens with zero attached hydrogens (tertiary/aromatic N) is 2. The van der Waals surface area contributed by atoms with Crippen molar-refractivity contribution in [3.8, 4) is 6.07 Å². The number of nitriles is 1. The summed E-state index contributed by atoms with van der Waals surface area (Å²) in [6.07, 6.45) is 0.457. The molecule has 0 aliphatic carbocycles. The summed E-state index contributed by atoms with van der Waals surface area (Å²) in [5.74, 6) is 0. The minimum absolute atomic E-state index is 0.457. The van der Waals surface area contributed by atoms with Crippen LogP contribution in [0.15, 0.2) is 39.6 Å². The molecular weight excluding hydrogens is 236 g/mol. The van der Waals surface area contributed by atoms with Crippen LogP contribution in [0.25, 0.3) is 0 Å². The lowest BCUT2D eigenvalue weighted by Crippen LogP contribution is -1.79. The van der Waals surface area contributed by atoms with Crippen LogP contribution in [-0.2, 0) is 6.42 Å². The van der Waals surface area contributed by atoms with Crippen LogP contribution < -0.4 is 0 Å². The second-order valence-electron chi connectivity index (χ2n) is 3.24. The van der Waals surface area contributed by atoms with E-state index in [0.29, 0.717) is 6.42 Å². The quantitative estimate of drug-likeness (QED) is 0.829. The van der Waals surface area contributed by atoms with Crippen molar-refractivity contribution in [3.63, 3.8) is 0 Å². The standard InChI is InChI=1S/C12H10N2S2/c1-9-11(7-8-13)16-12(14-9)15-10-5-3-2-4-6-10/h2-6H,7H2,1H3. The second-order valence-corrected chi connectivity index (χ2v) is 5.64. The number of thiazole rings is 1. The Labute approximate surface area is 103 Å². The SMILES string of the molecule is Cc1nc(Sc2ccccc2)sc1CC#N. The van der Waals surface area contributed by atoms with E-state index in [1.54, 1.807) is 23.1 Å². The predicted octanol–water partition coefficient (Wildman–Crippen LogP) is 3.67. The van der Waals surface area contributed by atoms with Gasteiger partial charge in [-0.25, -0.2) is 4.98 Å². The second kappa shape index (κ2) is 5.15. The Kier molecular flexibility index (Phi) is 3.60. The van der Waals surface area contributed by atoms with Crippen LogP contribution in [0.1, 0.15) is 10.6 Å². The minimum atomic E-state index is 0.457. The smallest absolute Gasteiger partial charge is 0.155 e. The topological polar surface area (TPSA) is 36.7 Å². The molecule has 2 rings (SSSR count). The third kappa shape index (κ3) is 2.63. The van der Waals surface area contributed by atoms with E-state index in [1.165, 1.54) is 4.90 Å². The van der Waals surface area contributed by atoms with Crippen LogP contribution in [0.4, 0.5) is 0 Å². The highest BCUT2D eigenvalue weighted by Crippen LogP contribution is 2.32. The molecule has 0 spiro atoms. The maximum absolute atomic E-state index is 8.67. The van der Waals surface area contributed by atoms with Gasteiger partial charge in [-0.2, -0.15) is 5.26 Å². The molecule has 2 nitrogen and oxygen atoms in total. The molecule has 0 aliphatic rings. The van der Waals surface area contributed by atoms with Gasteiger partial charge < -0.3 is 0 Å². The van der Waals surface area contributed by atoms with Crippen molar-refractivity contribution >= 4 is 23.1 Å². The molecule has 0 bridgehead atoms. The van der Waals surface area contributed by atoms with E-state index < -0.39 is 0 Å². The normalized spacial score (nSPS) is 10.0. The maximum Gasteiger partial charge on any atom is 0.155 e. The summed E-state index contributed by atoms with van der Waals surface area (Å²) in [7, 11) is 0. The first-order chi connectivity index (χ1) is 7.79. The van der Waals surface area contributed by atoms with Crippen LogP contribution in [0.5, 0.6) is 0 Å². The average Bonchev–Trinajstić information content (AvgIpc) is 2.61. The molecule has 0 N–H and O–H groups in total. The van der Waals surface area contributed by atoms with Gasteiger partial charge in [0.2, 0.25) is 0 Å². The summed E-state index contributed by atoms with van der Waals surface area (Å²) >= 11 is 3.25. The van der Waals surface area contributed by atoms with Gasteiger partial charge in [-0.1, -0.05) is 30.0 Å². The monoisotopic (exact) mass is 246 g/mol. The van der Waals surface area contributed by atoms with Gasteiger partial charge in [-0.15, -0.1) is 11.3 Å². The Hall–Kier alpha value is -1.31. The number of aryl methyl sites for hydroxylation is 1. The summed E-state index contributed by atoms with van der Waals surface area (Å²) in [4.78, 5) is 6.71. The fourth-order valence-corrected chi connectivity index (χ4v) is 3.43. The van der Waals surface area contributed by atoms with Crippen LogP contribution >= 0.6 is 23.1 Å². The van der Waals surface area contributed by atoms with E-state index >= 15 is 0 Å². The van der Waals surface area contributed by atoms with Crippen LogP contribution in [0, 0.1) is 18.3 Å². The number of rotatable bonds is 3. The van der Waals surface area contributed by atoms with E-state index in [0.717, 1.165) is 14.9 Å². The number of hydrogen-bond acceptors (Lipinski definition) is 4. The van der Waals surface area contributed by atoms with Crippen LogP contribution in [-0.4, -0.2) is 4.98 Å². The molecule has 2 aromatic rings. The third-order valence-corrected chi connectivity index (χ3v) is 4.29. The Morgan fingerprint density at radius 2 is 2.12 bits per heavy atom. The first kappa shape index (κ1) is 11.2. The number of hydrogen-bond donors (Lipinski definition) is 0. The van der Waals surface area contributed by atoms with E-state index in [4.69, 9.17) is 5.26 Å². The van der Waals surface area contributed by atoms with Gasteiger partial charge in [0, 0.05) is 9.77 Å². The molecular formula is C12H10N2S2. The Morgan fingerprint density at radius 3 is 2.81 bits per heavy atom. The molecule has 0 amide bonds. The Balaban J connectivity index is 2.17. The number of aromatic nitrogens is 1. The molecule has 0 atom stereocenters. The molecule has 1 aromatic carbocycles. The molecule has 80 valence electrons. The van der Waals surface area contributed by atoms with Gasteiger partial charge in [0.05, 0.1) is 18.2 Å². The van der Waals surface area contributed by atoms with Gasteiger partial charge in [0.15, 0.2) is 4.34 Å². The minimum Gasteiger partial charge on any atom is -0.234 e. The Morgan fingerprint density at radius 1 is 1.38 bits per heavy atom. The highest BCUT2D eigenvalue weighted by molar-refractivity contribution is 8.01. The number of benzene rings is 1. The molecule has 0 saturated heterocycles. The van der Waals surface area contributed by atoms with Crippen molar-refractivity contribution in [2.45, 2.75) is 22.6 Å². The summed E-state index contributed by atoms with van der Waals surface area (Å²) < 4.78 is 1.01. The van der Waals surface area contributed by atoms with E-state index in [2.05, 4.69) is 23.2 Å². The molecule has 0 aliphatic heterocycles. The van der Waals surface area contributed by atoms with Crippen LogP contribution in [0.2, 0.25) is 0 Å².